The summed E-state index contributed by atoms with van der Waals surface area (Å²) < 4.78 is 26.9. The van der Waals surface area contributed by atoms with Crippen molar-refractivity contribution >= 4 is 5.82 Å². The molecule has 0 amide bonds. The third-order valence-corrected chi connectivity index (χ3v) is 3.42. The summed E-state index contributed by atoms with van der Waals surface area (Å²) in [7, 11) is 0. The SMILES string of the molecule is N#Cc1c(-c2cccc(F)c2)cc(-c2cccc(F)c2)nc1N. The van der Waals surface area contributed by atoms with Crippen LogP contribution in [-0.4, -0.2) is 4.98 Å². The van der Waals surface area contributed by atoms with Gasteiger partial charge in [0.25, 0.3) is 0 Å². The third-order valence-electron chi connectivity index (χ3n) is 3.42. The van der Waals surface area contributed by atoms with Crippen LogP contribution in [0.25, 0.3) is 22.4 Å². The van der Waals surface area contributed by atoms with Crippen LogP contribution in [0.2, 0.25) is 0 Å². The molecule has 0 fully saturated rings. The highest BCUT2D eigenvalue weighted by Crippen LogP contribution is 2.31. The molecule has 3 nitrogen and oxygen atoms in total. The van der Waals surface area contributed by atoms with Crippen molar-refractivity contribution in [1.29, 1.82) is 5.26 Å². The maximum atomic E-state index is 13.5. The normalized spacial score (nSPS) is 10.3. The van der Waals surface area contributed by atoms with Crippen LogP contribution in [0, 0.1) is 23.0 Å². The van der Waals surface area contributed by atoms with Crippen LogP contribution in [0.4, 0.5) is 14.6 Å². The van der Waals surface area contributed by atoms with Crippen molar-refractivity contribution in [3.8, 4) is 28.5 Å². The third kappa shape index (κ3) is 2.87. The predicted octanol–water partition coefficient (Wildman–Crippen LogP) is 4.15. The van der Waals surface area contributed by atoms with Crippen molar-refractivity contribution in [2.75, 3.05) is 5.73 Å². The lowest BCUT2D eigenvalue weighted by Crippen LogP contribution is -2.00. The number of nitriles is 1. The van der Waals surface area contributed by atoms with Gasteiger partial charge in [0.2, 0.25) is 0 Å². The fourth-order valence-corrected chi connectivity index (χ4v) is 2.36. The molecule has 5 heteroatoms. The number of halogens is 2. The van der Waals surface area contributed by atoms with Crippen LogP contribution in [0.3, 0.4) is 0 Å². The number of pyridine rings is 1. The Morgan fingerprint density at radius 1 is 0.913 bits per heavy atom. The lowest BCUT2D eigenvalue weighted by Gasteiger charge is -2.10. The van der Waals surface area contributed by atoms with Crippen molar-refractivity contribution in [3.05, 3.63) is 71.8 Å². The van der Waals surface area contributed by atoms with Gasteiger partial charge in [0.05, 0.1) is 5.69 Å². The maximum Gasteiger partial charge on any atom is 0.142 e. The van der Waals surface area contributed by atoms with Gasteiger partial charge in [-0.15, -0.1) is 0 Å². The first kappa shape index (κ1) is 14.7. The number of nitrogens with two attached hydrogens (primary N) is 1. The van der Waals surface area contributed by atoms with E-state index in [0.29, 0.717) is 22.4 Å². The van der Waals surface area contributed by atoms with E-state index in [1.54, 1.807) is 30.3 Å². The van der Waals surface area contributed by atoms with Crippen molar-refractivity contribution in [2.45, 2.75) is 0 Å². The number of aromatic nitrogens is 1. The Kier molecular flexibility index (Phi) is 3.73. The van der Waals surface area contributed by atoms with Gasteiger partial charge in [-0.05, 0) is 35.9 Å². The summed E-state index contributed by atoms with van der Waals surface area (Å²) in [5.41, 5.74) is 7.93. The highest BCUT2D eigenvalue weighted by Gasteiger charge is 2.14. The predicted molar refractivity (Wildman–Crippen MR) is 84.2 cm³/mol. The zero-order chi connectivity index (χ0) is 16.4. The van der Waals surface area contributed by atoms with Crippen molar-refractivity contribution in [1.82, 2.24) is 4.98 Å². The van der Waals surface area contributed by atoms with Gasteiger partial charge in [0.1, 0.15) is 29.1 Å². The fraction of sp³-hybridized carbons (Fsp3) is 0. The van der Waals surface area contributed by atoms with Gasteiger partial charge in [-0.25, -0.2) is 13.8 Å². The first-order chi connectivity index (χ1) is 11.1. The van der Waals surface area contributed by atoms with E-state index in [2.05, 4.69) is 4.98 Å². The smallest absolute Gasteiger partial charge is 0.142 e. The summed E-state index contributed by atoms with van der Waals surface area (Å²) >= 11 is 0. The molecule has 0 aliphatic heterocycles. The first-order valence-corrected chi connectivity index (χ1v) is 6.81. The molecule has 0 atom stereocenters. The highest BCUT2D eigenvalue weighted by molar-refractivity contribution is 5.80. The van der Waals surface area contributed by atoms with Gasteiger partial charge in [0, 0.05) is 11.1 Å². The van der Waals surface area contributed by atoms with Crippen molar-refractivity contribution < 1.29 is 8.78 Å². The lowest BCUT2D eigenvalue weighted by molar-refractivity contribution is 0.628. The molecule has 0 aliphatic carbocycles. The van der Waals surface area contributed by atoms with Crippen LogP contribution in [0.15, 0.2) is 54.6 Å². The number of hydrogen-bond donors (Lipinski definition) is 1. The van der Waals surface area contributed by atoms with E-state index in [-0.39, 0.29) is 11.4 Å². The van der Waals surface area contributed by atoms with Crippen LogP contribution >= 0.6 is 0 Å². The van der Waals surface area contributed by atoms with E-state index in [1.807, 2.05) is 6.07 Å². The average Bonchev–Trinajstić information content (AvgIpc) is 2.54. The minimum Gasteiger partial charge on any atom is -0.383 e. The Labute approximate surface area is 131 Å². The first-order valence-electron chi connectivity index (χ1n) is 6.81. The fourth-order valence-electron chi connectivity index (χ4n) is 2.36. The number of hydrogen-bond acceptors (Lipinski definition) is 3. The summed E-state index contributed by atoms with van der Waals surface area (Å²) in [5, 5.41) is 9.31. The summed E-state index contributed by atoms with van der Waals surface area (Å²) in [6.07, 6.45) is 0. The molecule has 23 heavy (non-hydrogen) atoms. The molecular formula is C18H11F2N3. The Bertz CT molecular complexity index is 930. The molecule has 2 aromatic carbocycles. The number of rotatable bonds is 2. The molecule has 3 aromatic rings. The summed E-state index contributed by atoms with van der Waals surface area (Å²) in [5.74, 6) is -0.804. The second-order valence-corrected chi connectivity index (χ2v) is 4.95. The maximum absolute atomic E-state index is 13.5. The zero-order valence-corrected chi connectivity index (χ0v) is 11.9. The molecule has 0 unspecified atom stereocenters. The van der Waals surface area contributed by atoms with E-state index in [1.165, 1.54) is 24.3 Å². The molecule has 112 valence electrons. The van der Waals surface area contributed by atoms with Gasteiger partial charge >= 0.3 is 0 Å². The van der Waals surface area contributed by atoms with Gasteiger partial charge < -0.3 is 5.73 Å². The summed E-state index contributed by atoms with van der Waals surface area (Å²) in [6.45, 7) is 0. The molecule has 0 spiro atoms. The molecule has 3 rings (SSSR count). The van der Waals surface area contributed by atoms with E-state index in [9.17, 15) is 14.0 Å². The summed E-state index contributed by atoms with van der Waals surface area (Å²) in [6, 6.07) is 15.3. The van der Waals surface area contributed by atoms with E-state index < -0.39 is 11.6 Å². The molecule has 0 bridgehead atoms. The lowest BCUT2D eigenvalue weighted by atomic mass is 9.98. The average molecular weight is 307 g/mol. The van der Waals surface area contributed by atoms with Gasteiger partial charge in [0.15, 0.2) is 0 Å². The minimum absolute atomic E-state index is 0.0218. The highest BCUT2D eigenvalue weighted by atomic mass is 19.1. The molecule has 1 heterocycles. The summed E-state index contributed by atoms with van der Waals surface area (Å²) in [4.78, 5) is 4.16. The molecule has 0 saturated heterocycles. The van der Waals surface area contributed by atoms with Crippen LogP contribution in [0.5, 0.6) is 0 Å². The molecule has 1 aromatic heterocycles. The minimum atomic E-state index is -0.422. The van der Waals surface area contributed by atoms with Gasteiger partial charge in [-0.1, -0.05) is 24.3 Å². The number of benzene rings is 2. The Hall–Kier alpha value is -3.26. The van der Waals surface area contributed by atoms with Gasteiger partial charge in [-0.3, -0.25) is 0 Å². The molecule has 0 radical (unpaired) electrons. The number of nitrogens with zero attached hydrogens (tertiary/aromatic N) is 2. The molecule has 2 N–H and O–H groups in total. The van der Waals surface area contributed by atoms with Crippen LogP contribution in [0.1, 0.15) is 5.56 Å². The van der Waals surface area contributed by atoms with Crippen LogP contribution < -0.4 is 5.73 Å². The van der Waals surface area contributed by atoms with E-state index in [0.717, 1.165) is 0 Å². The second kappa shape index (κ2) is 5.85. The standard InChI is InChI=1S/C18H11F2N3/c19-13-5-1-3-11(7-13)15-9-17(23-18(22)16(15)10-21)12-4-2-6-14(20)8-12/h1-9H,(H2,22,23). The molecule has 0 saturated carbocycles. The zero-order valence-electron chi connectivity index (χ0n) is 11.9. The Balaban J connectivity index is 2.25. The monoisotopic (exact) mass is 307 g/mol. The number of anilines is 1. The molecular weight excluding hydrogens is 296 g/mol. The van der Waals surface area contributed by atoms with Crippen molar-refractivity contribution in [2.24, 2.45) is 0 Å². The van der Waals surface area contributed by atoms with E-state index in [4.69, 9.17) is 5.73 Å². The largest absolute Gasteiger partial charge is 0.383 e. The number of nitrogen functional groups attached to an aromatic ring is 1. The Morgan fingerprint density at radius 2 is 1.52 bits per heavy atom. The van der Waals surface area contributed by atoms with Gasteiger partial charge in [-0.2, -0.15) is 5.26 Å². The topological polar surface area (TPSA) is 62.7 Å². The van der Waals surface area contributed by atoms with E-state index >= 15 is 0 Å². The Morgan fingerprint density at radius 3 is 2.13 bits per heavy atom. The van der Waals surface area contributed by atoms with Crippen molar-refractivity contribution in [3.63, 3.8) is 0 Å². The second-order valence-electron chi connectivity index (χ2n) is 4.95. The quantitative estimate of drug-likeness (QED) is 0.773. The van der Waals surface area contributed by atoms with Crippen LogP contribution in [-0.2, 0) is 0 Å². The molecule has 0 aliphatic rings.